The van der Waals surface area contributed by atoms with E-state index in [1.807, 2.05) is 44.4 Å². The molecule has 0 aromatic heterocycles. The zero-order valence-electron chi connectivity index (χ0n) is 12.6. The van der Waals surface area contributed by atoms with Gasteiger partial charge in [-0.15, -0.1) is 0 Å². The summed E-state index contributed by atoms with van der Waals surface area (Å²) in [6, 6.07) is 9.29. The second-order valence-electron chi connectivity index (χ2n) is 5.46. The normalized spacial score (nSPS) is 18.9. The lowest BCUT2D eigenvalue weighted by atomic mass is 9.84. The van der Waals surface area contributed by atoms with Crippen LogP contribution in [0.2, 0.25) is 0 Å². The first-order valence-corrected chi connectivity index (χ1v) is 7.31. The monoisotopic (exact) mass is 273 g/mol. The smallest absolute Gasteiger partial charge is 0.341 e. The van der Waals surface area contributed by atoms with Gasteiger partial charge in [-0.2, -0.15) is 0 Å². The van der Waals surface area contributed by atoms with Crippen molar-refractivity contribution in [3.05, 3.63) is 41.6 Å². The van der Waals surface area contributed by atoms with Gasteiger partial charge in [-0.25, -0.2) is 4.79 Å². The Labute approximate surface area is 121 Å². The lowest BCUT2D eigenvalue weighted by molar-refractivity contribution is -0.130. The number of para-hydroxylation sites is 1. The summed E-state index contributed by atoms with van der Waals surface area (Å²) < 4.78 is 5.50. The lowest BCUT2D eigenvalue weighted by Crippen LogP contribution is -2.28. The average Bonchev–Trinajstić information content (AvgIpc) is 2.47. The van der Waals surface area contributed by atoms with Gasteiger partial charge in [0.2, 0.25) is 0 Å². The number of hydrogen-bond acceptors (Lipinski definition) is 3. The number of carbonyl (C=O) groups excluding carboxylic acids is 1. The highest BCUT2D eigenvalue weighted by molar-refractivity contribution is 5.91. The molecule has 3 nitrogen and oxygen atoms in total. The molecular formula is C17H23NO2. The van der Waals surface area contributed by atoms with E-state index in [0.29, 0.717) is 11.7 Å². The topological polar surface area (TPSA) is 29.5 Å². The first kappa shape index (κ1) is 14.6. The van der Waals surface area contributed by atoms with E-state index < -0.39 is 0 Å². The molecule has 20 heavy (non-hydrogen) atoms. The molecule has 1 aliphatic carbocycles. The predicted molar refractivity (Wildman–Crippen MR) is 80.4 cm³/mol. The molecule has 0 saturated heterocycles. The van der Waals surface area contributed by atoms with E-state index in [1.54, 1.807) is 0 Å². The second-order valence-corrected chi connectivity index (χ2v) is 5.46. The summed E-state index contributed by atoms with van der Waals surface area (Å²) in [6.45, 7) is 2.18. The van der Waals surface area contributed by atoms with Gasteiger partial charge >= 0.3 is 5.97 Å². The third-order valence-electron chi connectivity index (χ3n) is 3.85. The van der Waals surface area contributed by atoms with Gasteiger partial charge in [0, 0.05) is 19.8 Å². The minimum Gasteiger partial charge on any atom is -0.423 e. The first-order valence-electron chi connectivity index (χ1n) is 7.31. The van der Waals surface area contributed by atoms with Crippen molar-refractivity contribution in [1.82, 2.24) is 4.90 Å². The van der Waals surface area contributed by atoms with Crippen molar-refractivity contribution in [2.24, 2.45) is 5.92 Å². The van der Waals surface area contributed by atoms with Crippen LogP contribution in [0.1, 0.15) is 32.6 Å². The van der Waals surface area contributed by atoms with Gasteiger partial charge in [0.1, 0.15) is 5.75 Å². The Morgan fingerprint density at radius 1 is 1.30 bits per heavy atom. The van der Waals surface area contributed by atoms with Crippen molar-refractivity contribution < 1.29 is 9.53 Å². The summed E-state index contributed by atoms with van der Waals surface area (Å²) in [5.74, 6) is 0.886. The Balaban J connectivity index is 2.25. The Morgan fingerprint density at radius 3 is 2.60 bits per heavy atom. The molecule has 3 heteroatoms. The van der Waals surface area contributed by atoms with Crippen LogP contribution in [0.4, 0.5) is 0 Å². The maximum Gasteiger partial charge on any atom is 0.341 e. The summed E-state index contributed by atoms with van der Waals surface area (Å²) in [6.07, 6.45) is 4.10. The molecule has 0 heterocycles. The Kier molecular flexibility index (Phi) is 4.83. The van der Waals surface area contributed by atoms with E-state index in [2.05, 4.69) is 11.8 Å². The van der Waals surface area contributed by atoms with E-state index >= 15 is 0 Å². The predicted octanol–water partition coefficient (Wildman–Crippen LogP) is 3.62. The summed E-state index contributed by atoms with van der Waals surface area (Å²) in [7, 11) is 4.03. The molecule has 0 amide bonds. The molecule has 1 aliphatic rings. The summed E-state index contributed by atoms with van der Waals surface area (Å²) in [5.41, 5.74) is 2.00. The number of rotatable bonds is 4. The molecule has 1 aromatic carbocycles. The molecule has 0 saturated carbocycles. The average molecular weight is 273 g/mol. The quantitative estimate of drug-likeness (QED) is 0.620. The molecule has 108 valence electrons. The third kappa shape index (κ3) is 3.21. The standard InChI is InChI=1S/C17H23NO2/c1-4-13-9-8-12-15(16(13)18(2)3)17(19)20-14-10-6-5-7-11-14/h5-7,10-11,13H,4,8-9,12H2,1-3H3. The molecular weight excluding hydrogens is 250 g/mol. The zero-order valence-corrected chi connectivity index (χ0v) is 12.6. The van der Waals surface area contributed by atoms with Gasteiger partial charge in [0.15, 0.2) is 0 Å². The fourth-order valence-electron chi connectivity index (χ4n) is 2.93. The van der Waals surface area contributed by atoms with E-state index in [4.69, 9.17) is 4.74 Å². The summed E-state index contributed by atoms with van der Waals surface area (Å²) >= 11 is 0. The SMILES string of the molecule is CCC1CCCC(C(=O)Oc2ccccc2)=C1N(C)C. The van der Waals surface area contributed by atoms with E-state index in [1.165, 1.54) is 0 Å². The van der Waals surface area contributed by atoms with Crippen LogP contribution in [0.15, 0.2) is 41.6 Å². The van der Waals surface area contributed by atoms with Crippen LogP contribution >= 0.6 is 0 Å². The van der Waals surface area contributed by atoms with Crippen molar-refractivity contribution in [1.29, 1.82) is 0 Å². The van der Waals surface area contributed by atoms with E-state index in [-0.39, 0.29) is 5.97 Å². The number of esters is 1. The highest BCUT2D eigenvalue weighted by Crippen LogP contribution is 2.34. The highest BCUT2D eigenvalue weighted by Gasteiger charge is 2.28. The number of benzene rings is 1. The fourth-order valence-corrected chi connectivity index (χ4v) is 2.93. The van der Waals surface area contributed by atoms with Crippen LogP contribution in [-0.2, 0) is 4.79 Å². The summed E-state index contributed by atoms with van der Waals surface area (Å²) in [5, 5.41) is 0. The van der Waals surface area contributed by atoms with Crippen LogP contribution in [0.5, 0.6) is 5.75 Å². The van der Waals surface area contributed by atoms with Gasteiger partial charge in [-0.3, -0.25) is 0 Å². The minimum atomic E-state index is -0.196. The van der Waals surface area contributed by atoms with E-state index in [9.17, 15) is 4.79 Å². The van der Waals surface area contributed by atoms with Gasteiger partial charge in [0.05, 0.1) is 5.57 Å². The highest BCUT2D eigenvalue weighted by atomic mass is 16.5. The molecule has 0 bridgehead atoms. The van der Waals surface area contributed by atoms with Gasteiger partial charge < -0.3 is 9.64 Å². The molecule has 2 rings (SSSR count). The van der Waals surface area contributed by atoms with Crippen molar-refractivity contribution in [2.75, 3.05) is 14.1 Å². The second kappa shape index (κ2) is 6.60. The Morgan fingerprint density at radius 2 is 2.00 bits per heavy atom. The van der Waals surface area contributed by atoms with E-state index in [0.717, 1.165) is 37.0 Å². The molecule has 0 aliphatic heterocycles. The lowest BCUT2D eigenvalue weighted by Gasteiger charge is -2.32. The van der Waals surface area contributed by atoms with Crippen molar-refractivity contribution in [3.8, 4) is 5.75 Å². The minimum absolute atomic E-state index is 0.196. The number of hydrogen-bond donors (Lipinski definition) is 0. The molecule has 1 aromatic rings. The molecule has 1 unspecified atom stereocenters. The van der Waals surface area contributed by atoms with Crippen LogP contribution < -0.4 is 4.74 Å². The molecule has 0 N–H and O–H groups in total. The van der Waals surface area contributed by atoms with Crippen molar-refractivity contribution >= 4 is 5.97 Å². The van der Waals surface area contributed by atoms with Crippen LogP contribution in [0, 0.1) is 5.92 Å². The van der Waals surface area contributed by atoms with Crippen LogP contribution in [-0.4, -0.2) is 25.0 Å². The molecule has 0 spiro atoms. The maximum atomic E-state index is 12.4. The Hall–Kier alpha value is -1.77. The van der Waals surface area contributed by atoms with Crippen LogP contribution in [0.25, 0.3) is 0 Å². The van der Waals surface area contributed by atoms with Gasteiger partial charge in [-0.1, -0.05) is 25.1 Å². The first-order chi connectivity index (χ1) is 9.63. The van der Waals surface area contributed by atoms with Gasteiger partial charge in [0.25, 0.3) is 0 Å². The van der Waals surface area contributed by atoms with Crippen molar-refractivity contribution in [2.45, 2.75) is 32.6 Å². The maximum absolute atomic E-state index is 12.4. The number of ether oxygens (including phenoxy) is 1. The molecule has 0 radical (unpaired) electrons. The summed E-state index contributed by atoms with van der Waals surface area (Å²) in [4.78, 5) is 14.5. The molecule has 0 fully saturated rings. The number of nitrogens with zero attached hydrogens (tertiary/aromatic N) is 1. The van der Waals surface area contributed by atoms with Crippen molar-refractivity contribution in [3.63, 3.8) is 0 Å². The number of carbonyl (C=O) groups is 1. The fraction of sp³-hybridized carbons (Fsp3) is 0.471. The third-order valence-corrected chi connectivity index (χ3v) is 3.85. The largest absolute Gasteiger partial charge is 0.423 e. The van der Waals surface area contributed by atoms with Crippen LogP contribution in [0.3, 0.4) is 0 Å². The zero-order chi connectivity index (χ0) is 14.5. The molecule has 1 atom stereocenters. The number of allylic oxidation sites excluding steroid dienone is 1. The van der Waals surface area contributed by atoms with Gasteiger partial charge in [-0.05, 0) is 43.7 Å². The Bertz CT molecular complexity index is 491.